The lowest BCUT2D eigenvalue weighted by molar-refractivity contribution is -0.123. The first-order valence-electron chi connectivity index (χ1n) is 8.48. The van der Waals surface area contributed by atoms with Gasteiger partial charge in [0.15, 0.2) is 18.1 Å². The number of rotatable bonds is 6. The first-order valence-corrected chi connectivity index (χ1v) is 9.36. The van der Waals surface area contributed by atoms with Gasteiger partial charge in [-0.05, 0) is 48.9 Å². The zero-order valence-electron chi connectivity index (χ0n) is 14.7. The molecule has 1 aliphatic heterocycles. The van der Waals surface area contributed by atoms with Crippen molar-refractivity contribution in [1.29, 1.82) is 0 Å². The van der Waals surface area contributed by atoms with Crippen molar-refractivity contribution < 1.29 is 19.0 Å². The molecule has 1 N–H and O–H groups in total. The summed E-state index contributed by atoms with van der Waals surface area (Å²) in [6, 6.07) is 13.2. The Hall–Kier alpha value is -3.06. The van der Waals surface area contributed by atoms with Gasteiger partial charge in [0.1, 0.15) is 10.8 Å². The van der Waals surface area contributed by atoms with Crippen LogP contribution in [0.4, 0.5) is 0 Å². The molecule has 1 amide bonds. The lowest BCUT2D eigenvalue weighted by Crippen LogP contribution is -2.28. The van der Waals surface area contributed by atoms with Crippen molar-refractivity contribution >= 4 is 17.2 Å². The predicted octanol–water partition coefficient (Wildman–Crippen LogP) is 3.54. The van der Waals surface area contributed by atoms with Crippen molar-refractivity contribution in [3.63, 3.8) is 0 Å². The minimum absolute atomic E-state index is 0.0414. The van der Waals surface area contributed by atoms with Crippen LogP contribution in [0.2, 0.25) is 0 Å². The number of carbonyl (C=O) groups excluding carboxylic acids is 1. The van der Waals surface area contributed by atoms with Crippen LogP contribution in [0.15, 0.2) is 47.8 Å². The topological polar surface area (TPSA) is 69.7 Å². The number of hydrogen-bond acceptors (Lipinski definition) is 6. The van der Waals surface area contributed by atoms with E-state index in [-0.39, 0.29) is 19.3 Å². The van der Waals surface area contributed by atoms with Crippen LogP contribution in [0.1, 0.15) is 11.3 Å². The van der Waals surface area contributed by atoms with E-state index in [4.69, 9.17) is 14.2 Å². The van der Waals surface area contributed by atoms with E-state index in [0.717, 1.165) is 27.6 Å². The minimum Gasteiger partial charge on any atom is -0.484 e. The number of hydrogen-bond donors (Lipinski definition) is 1. The average molecular weight is 382 g/mol. The fraction of sp³-hybridized carbons (Fsp3) is 0.200. The first-order chi connectivity index (χ1) is 13.2. The normalized spacial score (nSPS) is 12.0. The van der Waals surface area contributed by atoms with Crippen LogP contribution in [0.5, 0.6) is 17.2 Å². The molecule has 0 bridgehead atoms. The molecule has 0 spiro atoms. The van der Waals surface area contributed by atoms with Crippen molar-refractivity contribution in [2.45, 2.75) is 13.5 Å². The van der Waals surface area contributed by atoms with Gasteiger partial charge in [-0.2, -0.15) is 0 Å². The molecule has 3 aromatic rings. The van der Waals surface area contributed by atoms with Crippen LogP contribution in [0.25, 0.3) is 10.6 Å². The molecule has 0 saturated carbocycles. The molecule has 0 radical (unpaired) electrons. The highest BCUT2D eigenvalue weighted by molar-refractivity contribution is 7.13. The van der Waals surface area contributed by atoms with Crippen molar-refractivity contribution in [3.05, 3.63) is 59.1 Å². The summed E-state index contributed by atoms with van der Waals surface area (Å²) in [4.78, 5) is 16.5. The molecule has 7 heteroatoms. The van der Waals surface area contributed by atoms with Crippen molar-refractivity contribution in [2.24, 2.45) is 0 Å². The van der Waals surface area contributed by atoms with Gasteiger partial charge in [0, 0.05) is 23.2 Å². The third-order valence-corrected chi connectivity index (χ3v) is 5.03. The Balaban J connectivity index is 1.26. The maximum absolute atomic E-state index is 12.0. The molecule has 6 nitrogen and oxygen atoms in total. The molecule has 4 rings (SSSR count). The molecular weight excluding hydrogens is 364 g/mol. The quantitative estimate of drug-likeness (QED) is 0.706. The van der Waals surface area contributed by atoms with E-state index in [1.54, 1.807) is 11.3 Å². The highest BCUT2D eigenvalue weighted by Crippen LogP contribution is 2.32. The van der Waals surface area contributed by atoms with Crippen molar-refractivity contribution in [2.75, 3.05) is 13.4 Å². The summed E-state index contributed by atoms with van der Waals surface area (Å²) < 4.78 is 16.2. The van der Waals surface area contributed by atoms with E-state index in [1.807, 2.05) is 54.8 Å². The summed E-state index contributed by atoms with van der Waals surface area (Å²) in [6.07, 6.45) is 0. The zero-order valence-corrected chi connectivity index (χ0v) is 15.5. The van der Waals surface area contributed by atoms with Gasteiger partial charge in [0.05, 0.1) is 0 Å². The van der Waals surface area contributed by atoms with Gasteiger partial charge in [-0.15, -0.1) is 11.3 Å². The molecule has 0 fully saturated rings. The van der Waals surface area contributed by atoms with E-state index in [2.05, 4.69) is 10.3 Å². The Bertz CT molecular complexity index is 953. The van der Waals surface area contributed by atoms with E-state index in [1.165, 1.54) is 0 Å². The largest absolute Gasteiger partial charge is 0.484 e. The molecule has 1 aromatic heterocycles. The van der Waals surface area contributed by atoms with Crippen molar-refractivity contribution in [3.8, 4) is 27.8 Å². The lowest BCUT2D eigenvalue weighted by Gasteiger charge is -2.08. The Kier molecular flexibility index (Phi) is 4.93. The molecule has 2 heterocycles. The number of fused-ring (bicyclic) bond motifs is 1. The van der Waals surface area contributed by atoms with Gasteiger partial charge >= 0.3 is 0 Å². The highest BCUT2D eigenvalue weighted by Gasteiger charge is 2.13. The molecule has 0 unspecified atom stereocenters. The summed E-state index contributed by atoms with van der Waals surface area (Å²) in [6.45, 7) is 2.57. The summed E-state index contributed by atoms with van der Waals surface area (Å²) in [5.41, 5.74) is 2.98. The number of nitrogens with one attached hydrogen (secondary N) is 1. The van der Waals surface area contributed by atoms with Crippen molar-refractivity contribution in [1.82, 2.24) is 10.3 Å². The van der Waals surface area contributed by atoms with Crippen LogP contribution >= 0.6 is 11.3 Å². The van der Waals surface area contributed by atoms with E-state index in [9.17, 15) is 4.79 Å². The average Bonchev–Trinajstić information content (AvgIpc) is 3.33. The van der Waals surface area contributed by atoms with E-state index < -0.39 is 0 Å². The van der Waals surface area contributed by atoms with Gasteiger partial charge in [-0.3, -0.25) is 4.79 Å². The smallest absolute Gasteiger partial charge is 0.258 e. The number of aryl methyl sites for hydroxylation is 1. The van der Waals surface area contributed by atoms with Gasteiger partial charge in [0.25, 0.3) is 5.91 Å². The lowest BCUT2D eigenvalue weighted by atomic mass is 10.2. The van der Waals surface area contributed by atoms with Crippen LogP contribution in [-0.4, -0.2) is 24.3 Å². The monoisotopic (exact) mass is 382 g/mol. The fourth-order valence-electron chi connectivity index (χ4n) is 2.63. The Morgan fingerprint density at radius 2 is 2.00 bits per heavy atom. The number of amides is 1. The first kappa shape index (κ1) is 17.4. The third kappa shape index (κ3) is 4.20. The standard InChI is InChI=1S/C20H18N2O4S/c1-13-11-27-20(22-13)15-3-5-16(6-4-15)24-10-19(23)21-9-14-2-7-17-18(8-14)26-12-25-17/h2-8,11H,9-10,12H2,1H3,(H,21,23). The molecule has 0 aliphatic carbocycles. The molecule has 0 atom stereocenters. The van der Waals surface area contributed by atoms with Crippen LogP contribution in [0.3, 0.4) is 0 Å². The number of carbonyl (C=O) groups is 1. The Labute approximate surface area is 160 Å². The summed E-state index contributed by atoms with van der Waals surface area (Å²) in [5, 5.41) is 5.82. The molecule has 2 aromatic carbocycles. The Morgan fingerprint density at radius 1 is 1.19 bits per heavy atom. The minimum atomic E-state index is -0.188. The number of nitrogens with zero attached hydrogens (tertiary/aromatic N) is 1. The second-order valence-electron chi connectivity index (χ2n) is 6.07. The molecular formula is C20H18N2O4S. The summed E-state index contributed by atoms with van der Waals surface area (Å²) >= 11 is 1.61. The second-order valence-corrected chi connectivity index (χ2v) is 6.93. The van der Waals surface area contributed by atoms with E-state index >= 15 is 0 Å². The fourth-order valence-corrected chi connectivity index (χ4v) is 3.44. The molecule has 138 valence electrons. The molecule has 1 aliphatic rings. The number of aromatic nitrogens is 1. The van der Waals surface area contributed by atoms with Gasteiger partial charge in [-0.1, -0.05) is 6.07 Å². The van der Waals surface area contributed by atoms with Gasteiger partial charge in [-0.25, -0.2) is 4.98 Å². The predicted molar refractivity (Wildman–Crippen MR) is 102 cm³/mol. The van der Waals surface area contributed by atoms with Crippen LogP contribution in [0, 0.1) is 6.92 Å². The van der Waals surface area contributed by atoms with Crippen LogP contribution < -0.4 is 19.5 Å². The number of benzene rings is 2. The van der Waals surface area contributed by atoms with Gasteiger partial charge < -0.3 is 19.5 Å². The van der Waals surface area contributed by atoms with Crippen LogP contribution in [-0.2, 0) is 11.3 Å². The maximum Gasteiger partial charge on any atom is 0.258 e. The Morgan fingerprint density at radius 3 is 2.78 bits per heavy atom. The number of thiazole rings is 1. The molecule has 0 saturated heterocycles. The molecule has 27 heavy (non-hydrogen) atoms. The summed E-state index contributed by atoms with van der Waals surface area (Å²) in [5.74, 6) is 1.89. The third-order valence-electron chi connectivity index (χ3n) is 4.02. The number of ether oxygens (including phenoxy) is 3. The zero-order chi connectivity index (χ0) is 18.6. The SMILES string of the molecule is Cc1csc(-c2ccc(OCC(=O)NCc3ccc4c(c3)OCO4)cc2)n1. The summed E-state index contributed by atoms with van der Waals surface area (Å²) in [7, 11) is 0. The second kappa shape index (κ2) is 7.67. The van der Waals surface area contributed by atoms with Gasteiger partial charge in [0.2, 0.25) is 6.79 Å². The van der Waals surface area contributed by atoms with E-state index in [0.29, 0.717) is 18.0 Å². The highest BCUT2D eigenvalue weighted by atomic mass is 32.1. The maximum atomic E-state index is 12.0.